The summed E-state index contributed by atoms with van der Waals surface area (Å²) in [4.78, 5) is 17.2. The van der Waals surface area contributed by atoms with Gasteiger partial charge in [-0.3, -0.25) is 4.68 Å². The highest BCUT2D eigenvalue weighted by Crippen LogP contribution is 2.35. The molecular weight excluding hydrogens is 588 g/mol. The van der Waals surface area contributed by atoms with Gasteiger partial charge in [0.25, 0.3) is 10.0 Å². The zero-order chi connectivity index (χ0) is 31.3. The van der Waals surface area contributed by atoms with Crippen molar-refractivity contribution in [3.8, 4) is 22.6 Å². The molecule has 1 aromatic carbocycles. The highest BCUT2D eigenvalue weighted by Gasteiger charge is 2.27. The van der Waals surface area contributed by atoms with Crippen LogP contribution in [0.4, 0.5) is 5.82 Å². The molecule has 234 valence electrons. The van der Waals surface area contributed by atoms with Crippen molar-refractivity contribution in [3.05, 3.63) is 71.8 Å². The van der Waals surface area contributed by atoms with Gasteiger partial charge in [-0.25, -0.2) is 27.3 Å². The molecule has 11 nitrogen and oxygen atoms in total. The maximum atomic E-state index is 13.7. The summed E-state index contributed by atoms with van der Waals surface area (Å²) in [5, 5.41) is 9.15. The van der Waals surface area contributed by atoms with Crippen molar-refractivity contribution in [3.63, 3.8) is 0 Å². The number of hydrogen-bond donors (Lipinski definition) is 1. The van der Waals surface area contributed by atoms with E-state index in [1.807, 2.05) is 19.9 Å². The second-order valence-corrected chi connectivity index (χ2v) is 13.9. The van der Waals surface area contributed by atoms with Gasteiger partial charge >= 0.3 is 0 Å². The third-order valence-electron chi connectivity index (χ3n) is 8.95. The molecule has 0 spiro atoms. The van der Waals surface area contributed by atoms with Crippen LogP contribution in [0.25, 0.3) is 33.7 Å². The average molecular weight is 627 g/mol. The van der Waals surface area contributed by atoms with E-state index in [0.29, 0.717) is 48.2 Å². The number of aromatic nitrogens is 6. The van der Waals surface area contributed by atoms with Gasteiger partial charge < -0.3 is 15.0 Å². The third-order valence-corrected chi connectivity index (χ3v) is 10.6. The third kappa shape index (κ3) is 5.30. The largest absolute Gasteiger partial charge is 0.377 e. The molecule has 4 aromatic heterocycles. The summed E-state index contributed by atoms with van der Waals surface area (Å²) in [6, 6.07) is 12.9. The van der Waals surface area contributed by atoms with Crippen molar-refractivity contribution in [2.24, 2.45) is 0 Å². The van der Waals surface area contributed by atoms with E-state index >= 15 is 0 Å². The molecule has 12 heteroatoms. The van der Waals surface area contributed by atoms with Crippen molar-refractivity contribution in [1.29, 1.82) is 0 Å². The molecule has 45 heavy (non-hydrogen) atoms. The standard InChI is InChI=1S/C33H38N8O3S/c1-21-7-9-26(10-8-21)45(42,43)40-15-12-28-27(11-14-35-33(28)40)32-36-29(18-30(37-32)39-16-17-44-20-22(39)2)31-23(3)38-41(24(31)4)25-6-5-13-34-19-25/h7-12,14-15,18,22,25,34H,5-6,13,16-17,19-20H2,1-4H3/t22-,25?/m1/s1. The number of morpholine rings is 1. The second-order valence-electron chi connectivity index (χ2n) is 12.1. The first kappa shape index (κ1) is 29.6. The topological polar surface area (TPSA) is 120 Å². The Labute approximate surface area is 263 Å². The van der Waals surface area contributed by atoms with Crippen LogP contribution in [-0.4, -0.2) is 76.0 Å². The van der Waals surface area contributed by atoms with Gasteiger partial charge in [-0.2, -0.15) is 5.10 Å². The summed E-state index contributed by atoms with van der Waals surface area (Å²) in [5.74, 6) is 1.30. The summed E-state index contributed by atoms with van der Waals surface area (Å²) >= 11 is 0. The number of fused-ring (bicyclic) bond motifs is 1. The Kier molecular flexibility index (Phi) is 7.66. The highest BCUT2D eigenvalue weighted by atomic mass is 32.2. The monoisotopic (exact) mass is 626 g/mol. The Bertz CT molecular complexity index is 1980. The lowest BCUT2D eigenvalue weighted by Crippen LogP contribution is -2.44. The lowest BCUT2D eigenvalue weighted by Gasteiger charge is -2.34. The van der Waals surface area contributed by atoms with E-state index in [4.69, 9.17) is 19.8 Å². The lowest BCUT2D eigenvalue weighted by atomic mass is 10.1. The molecule has 2 aliphatic heterocycles. The zero-order valence-electron chi connectivity index (χ0n) is 26.1. The fourth-order valence-electron chi connectivity index (χ4n) is 6.56. The van der Waals surface area contributed by atoms with Crippen LogP contribution in [0.15, 0.2) is 59.8 Å². The SMILES string of the molecule is Cc1ccc(S(=O)(=O)n2ccc3c(-c4nc(-c5c(C)nn(C6CCCNC6)c5C)cc(N5CCOC[C@H]5C)n4)ccnc32)cc1. The van der Waals surface area contributed by atoms with Crippen molar-refractivity contribution in [2.45, 2.75) is 57.5 Å². The molecule has 2 atom stereocenters. The van der Waals surface area contributed by atoms with Gasteiger partial charge in [0, 0.05) is 53.8 Å². The van der Waals surface area contributed by atoms with Crippen LogP contribution in [-0.2, 0) is 14.8 Å². The van der Waals surface area contributed by atoms with Gasteiger partial charge in [-0.15, -0.1) is 0 Å². The Morgan fingerprint density at radius 1 is 1.04 bits per heavy atom. The molecular formula is C33H38N8O3S. The summed E-state index contributed by atoms with van der Waals surface area (Å²) in [7, 11) is -3.87. The van der Waals surface area contributed by atoms with Gasteiger partial charge in [0.05, 0.1) is 41.6 Å². The average Bonchev–Trinajstić information content (AvgIpc) is 3.62. The number of piperidine rings is 1. The molecule has 0 aliphatic carbocycles. The van der Waals surface area contributed by atoms with E-state index in [1.165, 1.54) is 3.97 Å². The molecule has 0 radical (unpaired) electrons. The number of nitrogens with one attached hydrogen (secondary N) is 1. The maximum Gasteiger partial charge on any atom is 0.269 e. The van der Waals surface area contributed by atoms with E-state index in [1.54, 1.807) is 42.7 Å². The first-order valence-corrected chi connectivity index (χ1v) is 17.0. The molecule has 2 aliphatic rings. The van der Waals surface area contributed by atoms with E-state index in [0.717, 1.165) is 60.0 Å². The van der Waals surface area contributed by atoms with Gasteiger partial charge in [0.1, 0.15) is 5.82 Å². The molecule has 0 amide bonds. The number of aryl methyl sites for hydroxylation is 2. The minimum Gasteiger partial charge on any atom is -0.377 e. The van der Waals surface area contributed by atoms with Crippen molar-refractivity contribution < 1.29 is 13.2 Å². The molecule has 1 unspecified atom stereocenters. The maximum absolute atomic E-state index is 13.7. The number of hydrogen-bond acceptors (Lipinski definition) is 9. The molecule has 1 N–H and O–H groups in total. The van der Waals surface area contributed by atoms with Crippen LogP contribution < -0.4 is 10.2 Å². The Hall–Kier alpha value is -4.13. The predicted octanol–water partition coefficient (Wildman–Crippen LogP) is 4.67. The molecule has 5 aromatic rings. The number of benzene rings is 1. The van der Waals surface area contributed by atoms with E-state index < -0.39 is 10.0 Å². The van der Waals surface area contributed by atoms with Crippen molar-refractivity contribution in [2.75, 3.05) is 37.7 Å². The first-order valence-electron chi connectivity index (χ1n) is 15.5. The quantitative estimate of drug-likeness (QED) is 0.287. The molecule has 0 saturated carbocycles. The first-order chi connectivity index (χ1) is 21.7. The predicted molar refractivity (Wildman–Crippen MR) is 174 cm³/mol. The number of anilines is 1. The van der Waals surface area contributed by atoms with Crippen molar-refractivity contribution in [1.82, 2.24) is 34.0 Å². The van der Waals surface area contributed by atoms with Gasteiger partial charge in [-0.05, 0) is 71.3 Å². The number of ether oxygens (including phenoxy) is 1. The van der Waals surface area contributed by atoms with Crippen LogP contribution in [0.5, 0.6) is 0 Å². The summed E-state index contributed by atoms with van der Waals surface area (Å²) < 4.78 is 36.5. The number of nitrogens with zero attached hydrogens (tertiary/aromatic N) is 7. The van der Waals surface area contributed by atoms with E-state index in [9.17, 15) is 8.42 Å². The highest BCUT2D eigenvalue weighted by molar-refractivity contribution is 7.90. The Balaban J connectivity index is 1.38. The second kappa shape index (κ2) is 11.7. The van der Waals surface area contributed by atoms with E-state index in [2.05, 4.69) is 39.8 Å². The van der Waals surface area contributed by atoms with Crippen LogP contribution in [0.1, 0.15) is 42.8 Å². The van der Waals surface area contributed by atoms with E-state index in [-0.39, 0.29) is 10.9 Å². The Morgan fingerprint density at radius 3 is 2.62 bits per heavy atom. The van der Waals surface area contributed by atoms with Gasteiger partial charge in [-0.1, -0.05) is 17.7 Å². The summed E-state index contributed by atoms with van der Waals surface area (Å²) in [5.41, 5.74) is 5.79. The van der Waals surface area contributed by atoms with Gasteiger partial charge in [0.2, 0.25) is 0 Å². The normalized spacial score (nSPS) is 19.3. The fraction of sp³-hybridized carbons (Fsp3) is 0.394. The van der Waals surface area contributed by atoms with Crippen molar-refractivity contribution >= 4 is 26.9 Å². The minimum absolute atomic E-state index is 0.130. The summed E-state index contributed by atoms with van der Waals surface area (Å²) in [6.45, 7) is 12.1. The zero-order valence-corrected chi connectivity index (χ0v) is 26.9. The molecule has 7 rings (SSSR count). The summed E-state index contributed by atoms with van der Waals surface area (Å²) in [6.07, 6.45) is 5.38. The lowest BCUT2D eigenvalue weighted by molar-refractivity contribution is 0.0985. The van der Waals surface area contributed by atoms with Crippen LogP contribution in [0.3, 0.4) is 0 Å². The fourth-order valence-corrected chi connectivity index (χ4v) is 7.86. The number of rotatable bonds is 6. The van der Waals surface area contributed by atoms with Gasteiger partial charge in [0.15, 0.2) is 11.5 Å². The Morgan fingerprint density at radius 2 is 1.87 bits per heavy atom. The molecule has 0 bridgehead atoms. The van der Waals surface area contributed by atoms with Crippen LogP contribution in [0.2, 0.25) is 0 Å². The molecule has 2 fully saturated rings. The smallest absolute Gasteiger partial charge is 0.269 e. The minimum atomic E-state index is -3.87. The van der Waals surface area contributed by atoms with Crippen LogP contribution in [0, 0.1) is 20.8 Å². The molecule has 2 saturated heterocycles. The molecule has 6 heterocycles. The number of pyridine rings is 1. The van der Waals surface area contributed by atoms with Crippen LogP contribution >= 0.6 is 0 Å².